The molecule has 3 rings (SSSR count). The molecule has 0 spiro atoms. The third kappa shape index (κ3) is 3.00. The molecule has 23 heavy (non-hydrogen) atoms. The lowest BCUT2D eigenvalue weighted by Gasteiger charge is -2.17. The maximum absolute atomic E-state index is 5.75. The van der Waals surface area contributed by atoms with Crippen molar-refractivity contribution in [3.63, 3.8) is 0 Å². The predicted octanol–water partition coefficient (Wildman–Crippen LogP) is 5.95. The lowest BCUT2D eigenvalue weighted by atomic mass is 9.91. The lowest BCUT2D eigenvalue weighted by molar-refractivity contribution is 0.413. The van der Waals surface area contributed by atoms with E-state index >= 15 is 0 Å². The average molecular weight is 302 g/mol. The van der Waals surface area contributed by atoms with Crippen LogP contribution in [0.15, 0.2) is 60.7 Å². The van der Waals surface area contributed by atoms with Gasteiger partial charge < -0.3 is 4.74 Å². The highest BCUT2D eigenvalue weighted by atomic mass is 16.5. The highest BCUT2D eigenvalue weighted by Gasteiger charge is 2.15. The molecular weight excluding hydrogens is 280 g/mol. The molecule has 0 heterocycles. The minimum absolute atomic E-state index is 0.951. The minimum atomic E-state index is 0.951. The van der Waals surface area contributed by atoms with Crippen LogP contribution in [0.4, 0.5) is 0 Å². The summed E-state index contributed by atoms with van der Waals surface area (Å²) < 4.78 is 5.75. The number of hydrogen-bond donors (Lipinski definition) is 0. The van der Waals surface area contributed by atoms with Crippen LogP contribution in [0.3, 0.4) is 0 Å². The van der Waals surface area contributed by atoms with Crippen LogP contribution in [0.5, 0.6) is 5.75 Å². The van der Waals surface area contributed by atoms with Crippen LogP contribution in [0.25, 0.3) is 22.3 Å². The minimum Gasteiger partial charge on any atom is -0.496 e. The van der Waals surface area contributed by atoms with E-state index in [-0.39, 0.29) is 0 Å². The SMILES string of the molecule is COc1c(C)ccc(-c2ccc(C)cc2)c1-c1ccc(C)cc1. The molecule has 0 N–H and O–H groups in total. The van der Waals surface area contributed by atoms with Gasteiger partial charge in [-0.3, -0.25) is 0 Å². The fourth-order valence-corrected chi connectivity index (χ4v) is 2.93. The van der Waals surface area contributed by atoms with E-state index in [1.165, 1.54) is 27.8 Å². The molecule has 1 nitrogen and oxygen atoms in total. The van der Waals surface area contributed by atoms with E-state index in [1.54, 1.807) is 7.11 Å². The van der Waals surface area contributed by atoms with Crippen molar-refractivity contribution < 1.29 is 4.74 Å². The molecule has 0 saturated heterocycles. The number of hydrogen-bond acceptors (Lipinski definition) is 1. The van der Waals surface area contributed by atoms with Gasteiger partial charge in [0.15, 0.2) is 0 Å². The molecule has 116 valence electrons. The van der Waals surface area contributed by atoms with Gasteiger partial charge in [0.2, 0.25) is 0 Å². The third-order valence-electron chi connectivity index (χ3n) is 4.26. The van der Waals surface area contributed by atoms with Gasteiger partial charge in [0.25, 0.3) is 0 Å². The second-order valence-electron chi connectivity index (χ2n) is 6.07. The van der Waals surface area contributed by atoms with Gasteiger partial charge in [-0.15, -0.1) is 0 Å². The normalized spacial score (nSPS) is 10.6. The molecule has 1 heteroatoms. The van der Waals surface area contributed by atoms with Crippen molar-refractivity contribution in [1.29, 1.82) is 0 Å². The first-order chi connectivity index (χ1) is 11.1. The van der Waals surface area contributed by atoms with Crippen molar-refractivity contribution in [3.05, 3.63) is 77.4 Å². The zero-order chi connectivity index (χ0) is 16.4. The highest BCUT2D eigenvalue weighted by molar-refractivity contribution is 5.88. The van der Waals surface area contributed by atoms with Crippen LogP contribution < -0.4 is 4.74 Å². The molecular formula is C22H22O. The van der Waals surface area contributed by atoms with Gasteiger partial charge in [0, 0.05) is 5.56 Å². The maximum Gasteiger partial charge on any atom is 0.130 e. The molecule has 0 fully saturated rings. The van der Waals surface area contributed by atoms with Crippen LogP contribution in [0.1, 0.15) is 16.7 Å². The van der Waals surface area contributed by atoms with Gasteiger partial charge in [0.05, 0.1) is 7.11 Å². The topological polar surface area (TPSA) is 9.23 Å². The van der Waals surface area contributed by atoms with Gasteiger partial charge in [-0.2, -0.15) is 0 Å². The average Bonchev–Trinajstić information content (AvgIpc) is 2.56. The van der Waals surface area contributed by atoms with Gasteiger partial charge >= 0.3 is 0 Å². The van der Waals surface area contributed by atoms with E-state index in [1.807, 2.05) is 0 Å². The van der Waals surface area contributed by atoms with Gasteiger partial charge in [0.1, 0.15) is 5.75 Å². The second-order valence-corrected chi connectivity index (χ2v) is 6.07. The van der Waals surface area contributed by atoms with Crippen molar-refractivity contribution in [3.8, 4) is 28.0 Å². The van der Waals surface area contributed by atoms with Crippen molar-refractivity contribution in [1.82, 2.24) is 0 Å². The largest absolute Gasteiger partial charge is 0.496 e. The summed E-state index contributed by atoms with van der Waals surface area (Å²) in [5.41, 5.74) is 8.45. The number of benzene rings is 3. The number of methoxy groups -OCH3 is 1. The Labute approximate surface area is 138 Å². The van der Waals surface area contributed by atoms with E-state index in [4.69, 9.17) is 4.74 Å². The Bertz CT molecular complexity index is 812. The molecule has 0 aliphatic rings. The zero-order valence-corrected chi connectivity index (χ0v) is 14.2. The summed E-state index contributed by atoms with van der Waals surface area (Å²) in [6.07, 6.45) is 0. The summed E-state index contributed by atoms with van der Waals surface area (Å²) in [7, 11) is 1.75. The van der Waals surface area contributed by atoms with Crippen LogP contribution in [-0.4, -0.2) is 7.11 Å². The Hall–Kier alpha value is -2.54. The number of ether oxygens (including phenoxy) is 1. The second kappa shape index (κ2) is 6.29. The quantitative estimate of drug-likeness (QED) is 0.580. The number of rotatable bonds is 3. The summed E-state index contributed by atoms with van der Waals surface area (Å²) in [6, 6.07) is 21.6. The summed E-state index contributed by atoms with van der Waals surface area (Å²) in [5, 5.41) is 0. The Morgan fingerprint density at radius 1 is 0.609 bits per heavy atom. The van der Waals surface area contributed by atoms with Crippen molar-refractivity contribution >= 4 is 0 Å². The summed E-state index contributed by atoms with van der Waals surface area (Å²) in [6.45, 7) is 6.31. The van der Waals surface area contributed by atoms with Crippen molar-refractivity contribution in [2.24, 2.45) is 0 Å². The van der Waals surface area contributed by atoms with Gasteiger partial charge in [-0.25, -0.2) is 0 Å². The van der Waals surface area contributed by atoms with Crippen LogP contribution in [0.2, 0.25) is 0 Å². The van der Waals surface area contributed by atoms with E-state index < -0.39 is 0 Å². The highest BCUT2D eigenvalue weighted by Crippen LogP contribution is 2.41. The monoisotopic (exact) mass is 302 g/mol. The number of aryl methyl sites for hydroxylation is 3. The standard InChI is InChI=1S/C22H22O/c1-15-5-10-18(11-6-15)20-14-9-17(3)22(23-4)21(20)19-12-7-16(2)8-13-19/h5-14H,1-4H3. The van der Waals surface area contributed by atoms with E-state index in [0.717, 1.165) is 16.9 Å². The van der Waals surface area contributed by atoms with Crippen molar-refractivity contribution in [2.45, 2.75) is 20.8 Å². The maximum atomic E-state index is 5.75. The van der Waals surface area contributed by atoms with Crippen molar-refractivity contribution in [2.75, 3.05) is 7.11 Å². The first-order valence-electron chi connectivity index (χ1n) is 7.92. The molecule has 0 unspecified atom stereocenters. The van der Waals surface area contributed by atoms with Crippen LogP contribution >= 0.6 is 0 Å². The van der Waals surface area contributed by atoms with Gasteiger partial charge in [-0.1, -0.05) is 71.8 Å². The Kier molecular flexibility index (Phi) is 4.20. The Morgan fingerprint density at radius 2 is 1.13 bits per heavy atom. The van der Waals surface area contributed by atoms with E-state index in [2.05, 4.69) is 81.4 Å². The first-order valence-corrected chi connectivity index (χ1v) is 7.92. The summed E-state index contributed by atoms with van der Waals surface area (Å²) >= 11 is 0. The molecule has 3 aromatic carbocycles. The fraction of sp³-hybridized carbons (Fsp3) is 0.182. The van der Waals surface area contributed by atoms with E-state index in [0.29, 0.717) is 0 Å². The molecule has 0 bridgehead atoms. The fourth-order valence-electron chi connectivity index (χ4n) is 2.93. The van der Waals surface area contributed by atoms with E-state index in [9.17, 15) is 0 Å². The molecule has 0 saturated carbocycles. The molecule has 0 radical (unpaired) electrons. The van der Waals surface area contributed by atoms with Gasteiger partial charge in [-0.05, 0) is 43.0 Å². The lowest BCUT2D eigenvalue weighted by Crippen LogP contribution is -1.95. The molecule has 0 atom stereocenters. The Balaban J connectivity index is 2.27. The summed E-state index contributed by atoms with van der Waals surface area (Å²) in [5.74, 6) is 0.951. The molecule has 0 aromatic heterocycles. The zero-order valence-electron chi connectivity index (χ0n) is 14.2. The molecule has 0 aliphatic heterocycles. The predicted molar refractivity (Wildman–Crippen MR) is 98.1 cm³/mol. The summed E-state index contributed by atoms with van der Waals surface area (Å²) in [4.78, 5) is 0. The van der Waals surface area contributed by atoms with Crippen LogP contribution in [-0.2, 0) is 0 Å². The Morgan fingerprint density at radius 3 is 1.65 bits per heavy atom. The first kappa shape index (κ1) is 15.4. The molecule has 0 amide bonds. The smallest absolute Gasteiger partial charge is 0.130 e. The molecule has 0 aliphatic carbocycles. The van der Waals surface area contributed by atoms with Crippen LogP contribution in [0, 0.1) is 20.8 Å². The molecule has 3 aromatic rings. The third-order valence-corrected chi connectivity index (χ3v) is 4.26.